The summed E-state index contributed by atoms with van der Waals surface area (Å²) in [6, 6.07) is 13.3. The van der Waals surface area contributed by atoms with Crippen LogP contribution in [0.5, 0.6) is 5.75 Å². The summed E-state index contributed by atoms with van der Waals surface area (Å²) in [5.74, 6) is 0.771. The Morgan fingerprint density at radius 2 is 1.82 bits per heavy atom. The van der Waals surface area contributed by atoms with E-state index in [1.165, 1.54) is 0 Å². The van der Waals surface area contributed by atoms with E-state index < -0.39 is 0 Å². The fourth-order valence-electron chi connectivity index (χ4n) is 2.16. The molecule has 0 amide bonds. The molecular formula is C19H20O3. The van der Waals surface area contributed by atoms with Crippen molar-refractivity contribution in [3.05, 3.63) is 70.8 Å². The van der Waals surface area contributed by atoms with E-state index in [0.29, 0.717) is 12.2 Å². The summed E-state index contributed by atoms with van der Waals surface area (Å²) < 4.78 is 10.4. The third kappa shape index (κ3) is 4.06. The van der Waals surface area contributed by atoms with Crippen LogP contribution in [0.15, 0.2) is 48.5 Å². The van der Waals surface area contributed by atoms with Crippen molar-refractivity contribution in [3.63, 3.8) is 0 Å². The average Bonchev–Trinajstić information content (AvgIpc) is 2.54. The van der Waals surface area contributed by atoms with Crippen LogP contribution in [0.4, 0.5) is 0 Å². The first-order chi connectivity index (χ1) is 10.6. The van der Waals surface area contributed by atoms with Crippen molar-refractivity contribution in [2.75, 3.05) is 14.2 Å². The van der Waals surface area contributed by atoms with Gasteiger partial charge in [-0.3, -0.25) is 4.79 Å². The molecule has 0 N–H and O–H groups in total. The van der Waals surface area contributed by atoms with Gasteiger partial charge < -0.3 is 9.47 Å². The van der Waals surface area contributed by atoms with Crippen LogP contribution < -0.4 is 4.74 Å². The van der Waals surface area contributed by atoms with Gasteiger partial charge in [-0.05, 0) is 30.7 Å². The molecule has 22 heavy (non-hydrogen) atoms. The van der Waals surface area contributed by atoms with Crippen LogP contribution in [0, 0.1) is 6.92 Å². The predicted molar refractivity (Wildman–Crippen MR) is 88.3 cm³/mol. The summed E-state index contributed by atoms with van der Waals surface area (Å²) in [5.41, 5.74) is 3.72. The van der Waals surface area contributed by atoms with Gasteiger partial charge >= 0.3 is 0 Å². The van der Waals surface area contributed by atoms with Crippen molar-refractivity contribution in [2.24, 2.45) is 0 Å². The summed E-state index contributed by atoms with van der Waals surface area (Å²) in [6.45, 7) is 2.47. The number of ether oxygens (including phenoxy) is 2. The summed E-state index contributed by atoms with van der Waals surface area (Å²) in [6.07, 6.45) is 3.39. The monoisotopic (exact) mass is 296 g/mol. The fraction of sp³-hybridized carbons (Fsp3) is 0.211. The number of hydrogen-bond acceptors (Lipinski definition) is 3. The molecule has 2 aromatic rings. The summed E-state index contributed by atoms with van der Waals surface area (Å²) in [5, 5.41) is 0. The third-order valence-corrected chi connectivity index (χ3v) is 3.37. The minimum absolute atomic E-state index is 0.0101. The Kier molecular flexibility index (Phi) is 5.50. The first kappa shape index (κ1) is 16.0. The average molecular weight is 296 g/mol. The number of methoxy groups -OCH3 is 2. The molecule has 2 aromatic carbocycles. The van der Waals surface area contributed by atoms with Crippen molar-refractivity contribution in [3.8, 4) is 5.75 Å². The van der Waals surface area contributed by atoms with Gasteiger partial charge in [0.15, 0.2) is 5.78 Å². The first-order valence-corrected chi connectivity index (χ1v) is 7.09. The van der Waals surface area contributed by atoms with E-state index in [9.17, 15) is 4.79 Å². The van der Waals surface area contributed by atoms with Crippen LogP contribution >= 0.6 is 0 Å². The lowest BCUT2D eigenvalue weighted by atomic mass is 10.1. The SMILES string of the molecule is COCc1cc(/C=C/C(=O)c2ccc(C)cc2)ccc1OC. The third-order valence-electron chi connectivity index (χ3n) is 3.37. The van der Waals surface area contributed by atoms with Gasteiger partial charge in [-0.15, -0.1) is 0 Å². The number of ketones is 1. The van der Waals surface area contributed by atoms with Gasteiger partial charge in [0.1, 0.15) is 5.75 Å². The molecule has 0 aliphatic heterocycles. The molecule has 3 heteroatoms. The minimum atomic E-state index is -0.0101. The highest BCUT2D eigenvalue weighted by molar-refractivity contribution is 6.06. The highest BCUT2D eigenvalue weighted by Gasteiger charge is 2.04. The van der Waals surface area contributed by atoms with Crippen molar-refractivity contribution < 1.29 is 14.3 Å². The normalized spacial score (nSPS) is 10.9. The Labute approximate surface area is 131 Å². The van der Waals surface area contributed by atoms with Crippen LogP contribution in [0.1, 0.15) is 27.0 Å². The van der Waals surface area contributed by atoms with Gasteiger partial charge in [-0.2, -0.15) is 0 Å². The van der Waals surface area contributed by atoms with Crippen LogP contribution in [-0.4, -0.2) is 20.0 Å². The summed E-state index contributed by atoms with van der Waals surface area (Å²) >= 11 is 0. The maximum Gasteiger partial charge on any atom is 0.185 e. The largest absolute Gasteiger partial charge is 0.496 e. The Bertz CT molecular complexity index is 670. The molecule has 0 unspecified atom stereocenters. The number of benzene rings is 2. The predicted octanol–water partition coefficient (Wildman–Crippen LogP) is 4.05. The van der Waals surface area contributed by atoms with E-state index in [-0.39, 0.29) is 5.78 Å². The number of hydrogen-bond donors (Lipinski definition) is 0. The second-order valence-corrected chi connectivity index (χ2v) is 5.07. The van der Waals surface area contributed by atoms with E-state index in [1.54, 1.807) is 26.4 Å². The van der Waals surface area contributed by atoms with Crippen molar-refractivity contribution >= 4 is 11.9 Å². The van der Waals surface area contributed by atoms with E-state index in [1.807, 2.05) is 49.4 Å². The highest BCUT2D eigenvalue weighted by Crippen LogP contribution is 2.21. The molecule has 0 heterocycles. The minimum Gasteiger partial charge on any atom is -0.496 e. The van der Waals surface area contributed by atoms with Gasteiger partial charge in [-0.25, -0.2) is 0 Å². The molecule has 0 atom stereocenters. The molecule has 0 aliphatic carbocycles. The number of allylic oxidation sites excluding steroid dienone is 1. The van der Waals surface area contributed by atoms with E-state index in [4.69, 9.17) is 9.47 Å². The van der Waals surface area contributed by atoms with Crippen LogP contribution in [0.2, 0.25) is 0 Å². The Morgan fingerprint density at radius 3 is 2.45 bits per heavy atom. The summed E-state index contributed by atoms with van der Waals surface area (Å²) in [7, 11) is 3.27. The lowest BCUT2D eigenvalue weighted by Crippen LogP contribution is -1.95. The Morgan fingerprint density at radius 1 is 1.09 bits per heavy atom. The van der Waals surface area contributed by atoms with Crippen molar-refractivity contribution in [1.29, 1.82) is 0 Å². The standard InChI is InChI=1S/C19H20O3/c1-14-4-8-16(9-5-14)18(20)10-6-15-7-11-19(22-3)17(12-15)13-21-2/h4-12H,13H2,1-3H3/b10-6+. The Balaban J connectivity index is 2.17. The van der Waals surface area contributed by atoms with E-state index in [0.717, 1.165) is 22.4 Å². The molecule has 0 radical (unpaired) electrons. The fourth-order valence-corrected chi connectivity index (χ4v) is 2.16. The molecule has 0 aromatic heterocycles. The van der Waals surface area contributed by atoms with E-state index in [2.05, 4.69) is 0 Å². The quantitative estimate of drug-likeness (QED) is 0.596. The molecule has 0 bridgehead atoms. The molecule has 0 saturated heterocycles. The van der Waals surface area contributed by atoms with E-state index >= 15 is 0 Å². The molecule has 3 nitrogen and oxygen atoms in total. The number of carbonyl (C=O) groups is 1. The molecule has 114 valence electrons. The van der Waals surface area contributed by atoms with Gasteiger partial charge in [-0.1, -0.05) is 42.0 Å². The zero-order chi connectivity index (χ0) is 15.9. The second kappa shape index (κ2) is 7.57. The number of carbonyl (C=O) groups excluding carboxylic acids is 1. The van der Waals surface area contributed by atoms with Crippen molar-refractivity contribution in [2.45, 2.75) is 13.5 Å². The van der Waals surface area contributed by atoms with Crippen LogP contribution in [-0.2, 0) is 11.3 Å². The zero-order valence-electron chi connectivity index (χ0n) is 13.1. The summed E-state index contributed by atoms with van der Waals surface area (Å²) in [4.78, 5) is 12.1. The Hall–Kier alpha value is -2.39. The smallest absolute Gasteiger partial charge is 0.185 e. The molecule has 0 spiro atoms. The molecular weight excluding hydrogens is 276 g/mol. The first-order valence-electron chi connectivity index (χ1n) is 7.09. The molecule has 2 rings (SSSR count). The van der Waals surface area contributed by atoms with Gasteiger partial charge in [0.2, 0.25) is 0 Å². The molecule has 0 aliphatic rings. The maximum absolute atomic E-state index is 12.1. The number of rotatable bonds is 6. The number of aryl methyl sites for hydroxylation is 1. The maximum atomic E-state index is 12.1. The van der Waals surface area contributed by atoms with Crippen molar-refractivity contribution in [1.82, 2.24) is 0 Å². The van der Waals surface area contributed by atoms with Gasteiger partial charge in [0.05, 0.1) is 13.7 Å². The van der Waals surface area contributed by atoms with Gasteiger partial charge in [0.25, 0.3) is 0 Å². The lowest BCUT2D eigenvalue weighted by Gasteiger charge is -2.08. The zero-order valence-corrected chi connectivity index (χ0v) is 13.1. The lowest BCUT2D eigenvalue weighted by molar-refractivity contribution is 0.104. The molecule has 0 saturated carbocycles. The van der Waals surface area contributed by atoms with Crippen LogP contribution in [0.25, 0.3) is 6.08 Å². The second-order valence-electron chi connectivity index (χ2n) is 5.07. The highest BCUT2D eigenvalue weighted by atomic mass is 16.5. The topological polar surface area (TPSA) is 35.5 Å². The molecule has 0 fully saturated rings. The van der Waals surface area contributed by atoms with Gasteiger partial charge in [0, 0.05) is 18.2 Å². The van der Waals surface area contributed by atoms with Crippen LogP contribution in [0.3, 0.4) is 0 Å².